The van der Waals surface area contributed by atoms with Crippen molar-refractivity contribution in [2.75, 3.05) is 46.8 Å². The van der Waals surface area contributed by atoms with Crippen LogP contribution in [0.1, 0.15) is 10.5 Å². The van der Waals surface area contributed by atoms with Crippen molar-refractivity contribution in [3.05, 3.63) is 18.1 Å². The number of aromatic nitrogens is 2. The number of rotatable bonds is 11. The lowest BCUT2D eigenvalue weighted by atomic mass is 10.5. The van der Waals surface area contributed by atoms with Gasteiger partial charge in [-0.3, -0.25) is 4.98 Å². The predicted molar refractivity (Wildman–Crippen MR) is 68.0 cm³/mol. The lowest BCUT2D eigenvalue weighted by Crippen LogP contribution is -2.13. The summed E-state index contributed by atoms with van der Waals surface area (Å²) in [6.07, 6.45) is 2.50. The molecular formula is C12H18N2O6. The highest BCUT2D eigenvalue weighted by Gasteiger charge is 2.06. The van der Waals surface area contributed by atoms with Gasteiger partial charge in [0.25, 0.3) is 0 Å². The summed E-state index contributed by atoms with van der Waals surface area (Å²) >= 11 is 0. The second-order valence-electron chi connectivity index (χ2n) is 3.61. The Morgan fingerprint density at radius 3 is 2.40 bits per heavy atom. The summed E-state index contributed by atoms with van der Waals surface area (Å²) in [6.45, 7) is 2.64. The van der Waals surface area contributed by atoms with E-state index >= 15 is 0 Å². The summed E-state index contributed by atoms with van der Waals surface area (Å²) in [5.41, 5.74) is -0.157. The maximum absolute atomic E-state index is 10.7. The number of ether oxygens (including phenoxy) is 4. The first-order valence-corrected chi connectivity index (χ1v) is 6.06. The van der Waals surface area contributed by atoms with Gasteiger partial charge in [0.05, 0.1) is 45.4 Å². The van der Waals surface area contributed by atoms with E-state index in [0.717, 1.165) is 6.20 Å². The molecule has 0 amide bonds. The van der Waals surface area contributed by atoms with Gasteiger partial charge in [-0.05, 0) is 0 Å². The number of nitrogens with zero attached hydrogens (tertiary/aromatic N) is 2. The summed E-state index contributed by atoms with van der Waals surface area (Å²) in [7, 11) is 1.61. The molecule has 1 rings (SSSR count). The zero-order chi connectivity index (χ0) is 14.6. The number of hydrogen-bond acceptors (Lipinski definition) is 7. The van der Waals surface area contributed by atoms with Crippen LogP contribution in [0.4, 0.5) is 0 Å². The minimum absolute atomic E-state index is 0.157. The standard InChI is InChI=1S/C12H18N2O6/c1-17-2-3-18-4-5-19-6-7-20-11-9-13-8-10(14-11)12(15)16/h8-9H,2-7H2,1H3,(H,15,16). The predicted octanol–water partition coefficient (Wildman–Crippen LogP) is 0.233. The van der Waals surface area contributed by atoms with Gasteiger partial charge in [-0.25, -0.2) is 9.78 Å². The molecular weight excluding hydrogens is 268 g/mol. The van der Waals surface area contributed by atoms with E-state index in [1.807, 2.05) is 0 Å². The van der Waals surface area contributed by atoms with Crippen LogP contribution in [0.25, 0.3) is 0 Å². The molecule has 0 aliphatic rings. The highest BCUT2D eigenvalue weighted by Crippen LogP contribution is 2.04. The lowest BCUT2D eigenvalue weighted by molar-refractivity contribution is 0.0176. The molecule has 0 fully saturated rings. The van der Waals surface area contributed by atoms with E-state index in [0.29, 0.717) is 33.0 Å². The zero-order valence-electron chi connectivity index (χ0n) is 11.3. The normalized spacial score (nSPS) is 10.4. The van der Waals surface area contributed by atoms with Crippen LogP contribution in [0, 0.1) is 0 Å². The van der Waals surface area contributed by atoms with Crippen LogP contribution in [-0.2, 0) is 14.2 Å². The van der Waals surface area contributed by atoms with Crippen molar-refractivity contribution >= 4 is 5.97 Å². The zero-order valence-corrected chi connectivity index (χ0v) is 11.3. The van der Waals surface area contributed by atoms with Crippen LogP contribution in [0.5, 0.6) is 5.88 Å². The van der Waals surface area contributed by atoms with E-state index in [9.17, 15) is 4.79 Å². The maximum atomic E-state index is 10.7. The molecule has 0 saturated carbocycles. The molecule has 8 heteroatoms. The van der Waals surface area contributed by atoms with Crippen molar-refractivity contribution in [2.24, 2.45) is 0 Å². The minimum Gasteiger partial charge on any atom is -0.476 e. The van der Waals surface area contributed by atoms with Gasteiger partial charge < -0.3 is 24.1 Å². The lowest BCUT2D eigenvalue weighted by Gasteiger charge is -2.07. The molecule has 0 unspecified atom stereocenters. The molecule has 0 radical (unpaired) electrons. The monoisotopic (exact) mass is 286 g/mol. The molecule has 0 atom stereocenters. The number of carboxylic acid groups (broad SMARTS) is 1. The smallest absolute Gasteiger partial charge is 0.356 e. The van der Waals surface area contributed by atoms with Gasteiger partial charge in [0.1, 0.15) is 6.61 Å². The molecule has 0 bridgehead atoms. The van der Waals surface area contributed by atoms with Crippen LogP contribution in [0.3, 0.4) is 0 Å². The van der Waals surface area contributed by atoms with Gasteiger partial charge in [-0.2, -0.15) is 0 Å². The molecule has 112 valence electrons. The second kappa shape index (κ2) is 10.1. The second-order valence-corrected chi connectivity index (χ2v) is 3.61. The number of hydrogen-bond donors (Lipinski definition) is 1. The molecule has 1 aromatic heterocycles. The number of methoxy groups -OCH3 is 1. The Kier molecular flexibility index (Phi) is 8.20. The first kappa shape index (κ1) is 16.3. The van der Waals surface area contributed by atoms with E-state index in [1.54, 1.807) is 7.11 Å². The quantitative estimate of drug-likeness (QED) is 0.577. The summed E-state index contributed by atoms with van der Waals surface area (Å²) in [4.78, 5) is 18.2. The largest absolute Gasteiger partial charge is 0.476 e. The molecule has 1 aromatic rings. The average molecular weight is 286 g/mol. The molecule has 0 saturated heterocycles. The third-order valence-corrected chi connectivity index (χ3v) is 2.11. The Balaban J connectivity index is 2.06. The van der Waals surface area contributed by atoms with Crippen LogP contribution in [0.15, 0.2) is 12.4 Å². The van der Waals surface area contributed by atoms with Crippen molar-refractivity contribution in [3.63, 3.8) is 0 Å². The summed E-state index contributed by atoms with van der Waals surface area (Å²) < 4.78 is 20.5. The average Bonchev–Trinajstić information content (AvgIpc) is 2.46. The first-order valence-electron chi connectivity index (χ1n) is 6.06. The topological polar surface area (TPSA) is 100 Å². The molecule has 0 spiro atoms. The van der Waals surface area contributed by atoms with Gasteiger partial charge in [0, 0.05) is 7.11 Å². The maximum Gasteiger partial charge on any atom is 0.356 e. The van der Waals surface area contributed by atoms with E-state index in [2.05, 4.69) is 9.97 Å². The van der Waals surface area contributed by atoms with E-state index in [1.165, 1.54) is 6.20 Å². The third-order valence-electron chi connectivity index (χ3n) is 2.11. The van der Waals surface area contributed by atoms with Gasteiger partial charge in [0.15, 0.2) is 5.69 Å². The highest BCUT2D eigenvalue weighted by molar-refractivity contribution is 5.84. The molecule has 0 aliphatic carbocycles. The van der Waals surface area contributed by atoms with E-state index in [4.69, 9.17) is 24.1 Å². The molecule has 1 N–H and O–H groups in total. The Bertz CT molecular complexity index is 401. The van der Waals surface area contributed by atoms with Crippen molar-refractivity contribution < 1.29 is 28.8 Å². The molecule has 1 heterocycles. The first-order chi connectivity index (χ1) is 9.74. The van der Waals surface area contributed by atoms with Gasteiger partial charge in [-0.1, -0.05) is 0 Å². The molecule has 8 nitrogen and oxygen atoms in total. The van der Waals surface area contributed by atoms with Crippen molar-refractivity contribution in [1.29, 1.82) is 0 Å². The molecule has 20 heavy (non-hydrogen) atoms. The fourth-order valence-corrected chi connectivity index (χ4v) is 1.19. The molecule has 0 aromatic carbocycles. The Morgan fingerprint density at radius 2 is 1.75 bits per heavy atom. The fourth-order valence-electron chi connectivity index (χ4n) is 1.19. The van der Waals surface area contributed by atoms with Crippen molar-refractivity contribution in [1.82, 2.24) is 9.97 Å². The third kappa shape index (κ3) is 6.98. The van der Waals surface area contributed by atoms with Crippen molar-refractivity contribution in [3.8, 4) is 5.88 Å². The fraction of sp³-hybridized carbons (Fsp3) is 0.583. The van der Waals surface area contributed by atoms with Crippen molar-refractivity contribution in [2.45, 2.75) is 0 Å². The summed E-state index contributed by atoms with van der Waals surface area (Å²) in [6, 6.07) is 0. The Hall–Kier alpha value is -1.77. The van der Waals surface area contributed by atoms with Gasteiger partial charge >= 0.3 is 5.97 Å². The SMILES string of the molecule is COCCOCCOCCOc1cncc(C(=O)O)n1. The van der Waals surface area contributed by atoms with Crippen LogP contribution < -0.4 is 4.74 Å². The van der Waals surface area contributed by atoms with Gasteiger partial charge in [0.2, 0.25) is 5.88 Å². The Labute approximate surface area is 116 Å². The summed E-state index contributed by atoms with van der Waals surface area (Å²) in [5.74, 6) is -0.989. The van der Waals surface area contributed by atoms with Crippen LogP contribution >= 0.6 is 0 Å². The number of aromatic carboxylic acids is 1. The van der Waals surface area contributed by atoms with E-state index in [-0.39, 0.29) is 18.2 Å². The molecule has 0 aliphatic heterocycles. The van der Waals surface area contributed by atoms with Crippen LogP contribution in [0.2, 0.25) is 0 Å². The summed E-state index contributed by atoms with van der Waals surface area (Å²) in [5, 5.41) is 8.73. The number of carboxylic acids is 1. The highest BCUT2D eigenvalue weighted by atomic mass is 16.6. The number of carbonyl (C=O) groups is 1. The Morgan fingerprint density at radius 1 is 1.10 bits per heavy atom. The van der Waals surface area contributed by atoms with Gasteiger partial charge in [-0.15, -0.1) is 0 Å². The van der Waals surface area contributed by atoms with E-state index < -0.39 is 5.97 Å². The van der Waals surface area contributed by atoms with Crippen LogP contribution in [-0.4, -0.2) is 67.8 Å². The minimum atomic E-state index is -1.15.